The zero-order chi connectivity index (χ0) is 9.26. The highest BCUT2D eigenvalue weighted by atomic mass is 32.1. The zero-order valence-corrected chi connectivity index (χ0v) is 7.44. The quantitative estimate of drug-likeness (QED) is 0.652. The summed E-state index contributed by atoms with van der Waals surface area (Å²) in [6.45, 7) is 0. The Labute approximate surface area is 78.5 Å². The molecule has 0 atom stereocenters. The van der Waals surface area contributed by atoms with Gasteiger partial charge in [-0.2, -0.15) is 11.3 Å². The molecule has 0 spiro atoms. The van der Waals surface area contributed by atoms with E-state index < -0.39 is 11.6 Å². The van der Waals surface area contributed by atoms with Crippen LogP contribution in [0.3, 0.4) is 0 Å². The normalized spacial score (nSPS) is 10.3. The molecule has 0 radical (unpaired) electrons. The molecule has 0 aliphatic heterocycles. The summed E-state index contributed by atoms with van der Waals surface area (Å²) in [6.07, 6.45) is 0. The van der Waals surface area contributed by atoms with E-state index in [2.05, 4.69) is 0 Å². The fraction of sp³-hybridized carbons (Fsp3) is 0. The van der Waals surface area contributed by atoms with Crippen LogP contribution in [0.4, 0.5) is 8.78 Å². The van der Waals surface area contributed by atoms with Crippen molar-refractivity contribution in [2.45, 2.75) is 0 Å². The molecule has 0 aliphatic rings. The highest BCUT2D eigenvalue weighted by Gasteiger charge is 2.03. The largest absolute Gasteiger partial charge is 0.204 e. The SMILES string of the molecule is Fc1ccc(-c2ccsc2)cc1F. The van der Waals surface area contributed by atoms with Crippen molar-refractivity contribution >= 4 is 11.3 Å². The number of thiophene rings is 1. The predicted molar refractivity (Wildman–Crippen MR) is 49.7 cm³/mol. The van der Waals surface area contributed by atoms with Gasteiger partial charge in [-0.05, 0) is 40.1 Å². The minimum Gasteiger partial charge on any atom is -0.204 e. The number of benzene rings is 1. The van der Waals surface area contributed by atoms with Gasteiger partial charge in [-0.15, -0.1) is 0 Å². The Hall–Kier alpha value is -1.22. The molecule has 3 heteroatoms. The van der Waals surface area contributed by atoms with Crippen LogP contribution in [0.2, 0.25) is 0 Å². The van der Waals surface area contributed by atoms with Crippen LogP contribution in [-0.2, 0) is 0 Å². The second kappa shape index (κ2) is 3.26. The molecule has 0 saturated heterocycles. The first kappa shape index (κ1) is 8.38. The standard InChI is InChI=1S/C10H6F2S/c11-9-2-1-7(5-10(9)12)8-3-4-13-6-8/h1-6H. The number of hydrogen-bond acceptors (Lipinski definition) is 1. The van der Waals surface area contributed by atoms with Gasteiger partial charge in [-0.1, -0.05) is 6.07 Å². The molecular formula is C10H6F2S. The van der Waals surface area contributed by atoms with E-state index in [9.17, 15) is 8.78 Å². The Morgan fingerprint density at radius 3 is 2.38 bits per heavy atom. The molecule has 2 rings (SSSR count). The molecule has 13 heavy (non-hydrogen) atoms. The van der Waals surface area contributed by atoms with Crippen LogP contribution < -0.4 is 0 Å². The third kappa shape index (κ3) is 1.60. The second-order valence-corrected chi connectivity index (χ2v) is 3.42. The Morgan fingerprint density at radius 2 is 1.77 bits per heavy atom. The molecule has 0 fully saturated rings. The summed E-state index contributed by atoms with van der Waals surface area (Å²) in [5, 5.41) is 3.79. The molecule has 0 nitrogen and oxygen atoms in total. The van der Waals surface area contributed by atoms with Gasteiger partial charge in [0.2, 0.25) is 0 Å². The van der Waals surface area contributed by atoms with Crippen molar-refractivity contribution in [3.05, 3.63) is 46.7 Å². The summed E-state index contributed by atoms with van der Waals surface area (Å²) in [4.78, 5) is 0. The van der Waals surface area contributed by atoms with E-state index >= 15 is 0 Å². The van der Waals surface area contributed by atoms with Gasteiger partial charge in [0.05, 0.1) is 0 Å². The topological polar surface area (TPSA) is 0 Å². The summed E-state index contributed by atoms with van der Waals surface area (Å²) in [5.74, 6) is -1.61. The number of rotatable bonds is 1. The van der Waals surface area contributed by atoms with E-state index in [1.165, 1.54) is 17.4 Å². The number of hydrogen-bond donors (Lipinski definition) is 0. The molecular weight excluding hydrogens is 190 g/mol. The highest BCUT2D eigenvalue weighted by molar-refractivity contribution is 7.08. The van der Waals surface area contributed by atoms with Crippen LogP contribution in [-0.4, -0.2) is 0 Å². The lowest BCUT2D eigenvalue weighted by Crippen LogP contribution is -1.83. The van der Waals surface area contributed by atoms with Crippen LogP contribution in [0.15, 0.2) is 35.0 Å². The Balaban J connectivity index is 2.49. The van der Waals surface area contributed by atoms with E-state index in [-0.39, 0.29) is 0 Å². The van der Waals surface area contributed by atoms with E-state index in [0.717, 1.165) is 11.6 Å². The first-order valence-electron chi connectivity index (χ1n) is 3.75. The molecule has 0 N–H and O–H groups in total. The van der Waals surface area contributed by atoms with Crippen molar-refractivity contribution in [3.8, 4) is 11.1 Å². The van der Waals surface area contributed by atoms with E-state index in [4.69, 9.17) is 0 Å². The molecule has 0 aliphatic carbocycles. The van der Waals surface area contributed by atoms with Crippen molar-refractivity contribution < 1.29 is 8.78 Å². The second-order valence-electron chi connectivity index (χ2n) is 2.64. The van der Waals surface area contributed by atoms with Crippen molar-refractivity contribution in [2.75, 3.05) is 0 Å². The van der Waals surface area contributed by atoms with Gasteiger partial charge in [0.25, 0.3) is 0 Å². The summed E-state index contributed by atoms with van der Waals surface area (Å²) in [6, 6.07) is 5.79. The summed E-state index contributed by atoms with van der Waals surface area (Å²) < 4.78 is 25.4. The fourth-order valence-corrected chi connectivity index (χ4v) is 1.77. The summed E-state index contributed by atoms with van der Waals surface area (Å²) in [7, 11) is 0. The van der Waals surface area contributed by atoms with Crippen molar-refractivity contribution in [3.63, 3.8) is 0 Å². The minimum absolute atomic E-state index is 0.708. The molecule has 0 unspecified atom stereocenters. The van der Waals surface area contributed by atoms with Crippen molar-refractivity contribution in [2.24, 2.45) is 0 Å². The van der Waals surface area contributed by atoms with Crippen LogP contribution in [0.25, 0.3) is 11.1 Å². The third-order valence-corrected chi connectivity index (χ3v) is 2.46. The van der Waals surface area contributed by atoms with Gasteiger partial charge in [-0.3, -0.25) is 0 Å². The maximum absolute atomic E-state index is 12.8. The molecule has 0 amide bonds. The zero-order valence-electron chi connectivity index (χ0n) is 6.63. The molecule has 1 heterocycles. The first-order valence-corrected chi connectivity index (χ1v) is 4.69. The van der Waals surface area contributed by atoms with Gasteiger partial charge in [0.15, 0.2) is 11.6 Å². The van der Waals surface area contributed by atoms with E-state index in [1.807, 2.05) is 16.8 Å². The average Bonchev–Trinajstić information content (AvgIpc) is 2.62. The summed E-state index contributed by atoms with van der Waals surface area (Å²) >= 11 is 1.53. The number of halogens is 2. The van der Waals surface area contributed by atoms with Crippen LogP contribution in [0.5, 0.6) is 0 Å². The summed E-state index contributed by atoms with van der Waals surface area (Å²) in [5.41, 5.74) is 1.63. The van der Waals surface area contributed by atoms with Gasteiger partial charge < -0.3 is 0 Å². The van der Waals surface area contributed by atoms with Gasteiger partial charge in [-0.25, -0.2) is 8.78 Å². The first-order chi connectivity index (χ1) is 6.27. The molecule has 0 bridgehead atoms. The minimum atomic E-state index is -0.807. The van der Waals surface area contributed by atoms with Gasteiger partial charge >= 0.3 is 0 Å². The molecule has 0 saturated carbocycles. The molecule has 1 aromatic carbocycles. The Morgan fingerprint density at radius 1 is 0.923 bits per heavy atom. The smallest absolute Gasteiger partial charge is 0.159 e. The van der Waals surface area contributed by atoms with E-state index in [0.29, 0.717) is 5.56 Å². The van der Waals surface area contributed by atoms with Gasteiger partial charge in [0.1, 0.15) is 0 Å². The molecule has 1 aromatic heterocycles. The lowest BCUT2D eigenvalue weighted by molar-refractivity contribution is 0.509. The maximum Gasteiger partial charge on any atom is 0.159 e. The predicted octanol–water partition coefficient (Wildman–Crippen LogP) is 3.69. The Kier molecular flexibility index (Phi) is 2.10. The van der Waals surface area contributed by atoms with Crippen LogP contribution in [0, 0.1) is 11.6 Å². The lowest BCUT2D eigenvalue weighted by atomic mass is 10.1. The highest BCUT2D eigenvalue weighted by Crippen LogP contribution is 2.23. The van der Waals surface area contributed by atoms with Crippen LogP contribution >= 0.6 is 11.3 Å². The van der Waals surface area contributed by atoms with Crippen molar-refractivity contribution in [1.29, 1.82) is 0 Å². The third-order valence-electron chi connectivity index (χ3n) is 1.77. The molecule has 66 valence electrons. The van der Waals surface area contributed by atoms with Gasteiger partial charge in [0, 0.05) is 0 Å². The van der Waals surface area contributed by atoms with Crippen molar-refractivity contribution in [1.82, 2.24) is 0 Å². The Bertz CT molecular complexity index is 407. The van der Waals surface area contributed by atoms with Crippen LogP contribution in [0.1, 0.15) is 0 Å². The monoisotopic (exact) mass is 196 g/mol. The lowest BCUT2D eigenvalue weighted by Gasteiger charge is -1.97. The maximum atomic E-state index is 12.8. The van der Waals surface area contributed by atoms with E-state index in [1.54, 1.807) is 6.07 Å². The average molecular weight is 196 g/mol. The fourth-order valence-electron chi connectivity index (χ4n) is 1.10. The molecule has 2 aromatic rings.